The lowest BCUT2D eigenvalue weighted by Gasteiger charge is -2.19. The molecule has 1 aromatic carbocycles. The summed E-state index contributed by atoms with van der Waals surface area (Å²) in [5, 5.41) is 1.31. The lowest BCUT2D eigenvalue weighted by atomic mass is 9.97. The molecular weight excluding hydrogens is 321 g/mol. The highest BCUT2D eigenvalue weighted by Gasteiger charge is 2.45. The summed E-state index contributed by atoms with van der Waals surface area (Å²) in [5.74, 6) is 6.84. The van der Waals surface area contributed by atoms with Gasteiger partial charge in [0.2, 0.25) is 0 Å². The van der Waals surface area contributed by atoms with E-state index < -0.39 is 0 Å². The summed E-state index contributed by atoms with van der Waals surface area (Å²) in [4.78, 5) is 4.15. The smallest absolute Gasteiger partial charge is 0.146 e. The summed E-state index contributed by atoms with van der Waals surface area (Å²) in [6.07, 6.45) is 3.80. The predicted molar refractivity (Wildman–Crippen MR) is 89.7 cm³/mol. The van der Waals surface area contributed by atoms with Crippen LogP contribution < -0.4 is 16.0 Å². The Kier molecular flexibility index (Phi) is 4.17. The molecule has 0 bridgehead atoms. The molecule has 1 aromatic heterocycles. The van der Waals surface area contributed by atoms with Crippen molar-refractivity contribution >= 4 is 29.0 Å². The molecule has 0 aliphatic heterocycles. The molecule has 22 heavy (non-hydrogen) atoms. The number of halogens is 2. The molecule has 1 heterocycles. The quantitative estimate of drug-likeness (QED) is 0.637. The Morgan fingerprint density at radius 1 is 1.27 bits per heavy atom. The maximum Gasteiger partial charge on any atom is 0.146 e. The summed E-state index contributed by atoms with van der Waals surface area (Å²) in [7, 11) is 0. The third-order valence-electron chi connectivity index (χ3n) is 4.12. The van der Waals surface area contributed by atoms with Crippen molar-refractivity contribution in [3.8, 4) is 5.75 Å². The molecule has 0 amide bonds. The van der Waals surface area contributed by atoms with E-state index in [9.17, 15) is 0 Å². The van der Waals surface area contributed by atoms with Crippen molar-refractivity contribution in [1.29, 1.82) is 0 Å². The van der Waals surface area contributed by atoms with Crippen molar-refractivity contribution < 1.29 is 4.74 Å². The number of rotatable bonds is 5. The van der Waals surface area contributed by atoms with E-state index in [1.54, 1.807) is 12.3 Å². The Hall–Kier alpha value is -1.49. The number of hydrogen-bond acceptors (Lipinski definition) is 4. The molecule has 0 radical (unpaired) electrons. The van der Waals surface area contributed by atoms with Crippen LogP contribution in [0.5, 0.6) is 5.75 Å². The molecule has 0 unspecified atom stereocenters. The zero-order valence-electron chi connectivity index (χ0n) is 12.2. The molecule has 1 fully saturated rings. The number of anilines is 1. The van der Waals surface area contributed by atoms with Crippen LogP contribution in [0.4, 0.5) is 5.82 Å². The fourth-order valence-electron chi connectivity index (χ4n) is 2.56. The molecule has 0 saturated heterocycles. The van der Waals surface area contributed by atoms with Crippen molar-refractivity contribution in [1.82, 2.24) is 4.98 Å². The van der Waals surface area contributed by atoms with E-state index in [1.165, 1.54) is 0 Å². The van der Waals surface area contributed by atoms with Crippen LogP contribution in [0.1, 0.15) is 24.0 Å². The number of nitrogens with zero attached hydrogens (tertiary/aromatic N) is 1. The Morgan fingerprint density at radius 2 is 1.95 bits per heavy atom. The van der Waals surface area contributed by atoms with Gasteiger partial charge >= 0.3 is 0 Å². The van der Waals surface area contributed by atoms with Gasteiger partial charge in [0.1, 0.15) is 11.6 Å². The van der Waals surface area contributed by atoms with Crippen LogP contribution in [0.2, 0.25) is 10.0 Å². The molecule has 6 heteroatoms. The molecule has 4 nitrogen and oxygen atoms in total. The lowest BCUT2D eigenvalue weighted by Crippen LogP contribution is -2.18. The van der Waals surface area contributed by atoms with Crippen LogP contribution in [-0.4, -0.2) is 11.6 Å². The zero-order valence-corrected chi connectivity index (χ0v) is 13.7. The van der Waals surface area contributed by atoms with Gasteiger partial charge in [-0.05, 0) is 49.6 Å². The largest absolute Gasteiger partial charge is 0.492 e. The first-order valence-electron chi connectivity index (χ1n) is 7.06. The van der Waals surface area contributed by atoms with Gasteiger partial charge in [-0.2, -0.15) is 0 Å². The number of nitrogen functional groups attached to an aromatic ring is 1. The number of nitrogens with one attached hydrogen (secondary N) is 1. The summed E-state index contributed by atoms with van der Waals surface area (Å²) < 4.78 is 6.02. The van der Waals surface area contributed by atoms with Gasteiger partial charge in [0.25, 0.3) is 0 Å². The van der Waals surface area contributed by atoms with Crippen molar-refractivity contribution in [2.24, 2.45) is 5.84 Å². The number of aromatic nitrogens is 1. The van der Waals surface area contributed by atoms with Gasteiger partial charge in [-0.15, -0.1) is 0 Å². The Bertz CT molecular complexity index is 682. The fourth-order valence-corrected chi connectivity index (χ4v) is 3.09. The molecule has 3 rings (SSSR count). The zero-order chi connectivity index (χ0) is 15.7. The standard InChI is InChI=1S/C16H17Cl2N3O/c1-10-14(2-5-20-15(10)21-19)22-9-16(3-4-16)11-6-12(17)8-13(18)7-11/h2,5-8H,3-4,9,19H2,1H3,(H,20,21). The molecule has 1 aliphatic rings. The second-order valence-electron chi connectivity index (χ2n) is 5.65. The van der Waals surface area contributed by atoms with Gasteiger partial charge < -0.3 is 10.2 Å². The molecule has 1 aliphatic carbocycles. The number of pyridine rings is 1. The summed E-state index contributed by atoms with van der Waals surface area (Å²) in [5.41, 5.74) is 4.60. The third kappa shape index (κ3) is 3.00. The molecule has 0 spiro atoms. The predicted octanol–water partition coefficient (Wildman–Crippen LogP) is 4.09. The van der Waals surface area contributed by atoms with E-state index >= 15 is 0 Å². The first-order chi connectivity index (χ1) is 10.5. The summed E-state index contributed by atoms with van der Waals surface area (Å²) in [6, 6.07) is 7.53. The van der Waals surface area contributed by atoms with Gasteiger partial charge in [0.05, 0.1) is 6.61 Å². The summed E-state index contributed by atoms with van der Waals surface area (Å²) in [6.45, 7) is 2.51. The number of nitrogens with two attached hydrogens (primary N) is 1. The van der Waals surface area contributed by atoms with Crippen LogP contribution in [-0.2, 0) is 5.41 Å². The number of benzene rings is 1. The second kappa shape index (κ2) is 5.95. The minimum atomic E-state index is 0.000552. The van der Waals surface area contributed by atoms with Crippen LogP contribution in [0.3, 0.4) is 0 Å². The first kappa shape index (κ1) is 15.4. The first-order valence-corrected chi connectivity index (χ1v) is 7.81. The van der Waals surface area contributed by atoms with E-state index in [1.807, 2.05) is 25.1 Å². The minimum Gasteiger partial charge on any atom is -0.492 e. The highest BCUT2D eigenvalue weighted by atomic mass is 35.5. The summed E-state index contributed by atoms with van der Waals surface area (Å²) >= 11 is 12.2. The van der Waals surface area contributed by atoms with E-state index in [4.69, 9.17) is 33.8 Å². The van der Waals surface area contributed by atoms with Crippen molar-refractivity contribution in [2.45, 2.75) is 25.2 Å². The average molecular weight is 338 g/mol. The Morgan fingerprint density at radius 3 is 2.55 bits per heavy atom. The number of hydrogen-bond donors (Lipinski definition) is 2. The highest BCUT2D eigenvalue weighted by molar-refractivity contribution is 6.34. The highest BCUT2D eigenvalue weighted by Crippen LogP contribution is 2.49. The van der Waals surface area contributed by atoms with E-state index in [-0.39, 0.29) is 5.41 Å². The molecule has 0 atom stereocenters. The number of hydrazine groups is 1. The van der Waals surface area contributed by atoms with Crippen LogP contribution in [0.15, 0.2) is 30.5 Å². The van der Waals surface area contributed by atoms with E-state index in [0.717, 1.165) is 29.7 Å². The van der Waals surface area contributed by atoms with Crippen LogP contribution >= 0.6 is 23.2 Å². The lowest BCUT2D eigenvalue weighted by molar-refractivity contribution is 0.276. The van der Waals surface area contributed by atoms with Gasteiger partial charge in [-0.3, -0.25) is 0 Å². The van der Waals surface area contributed by atoms with Crippen molar-refractivity contribution in [3.05, 3.63) is 51.6 Å². The third-order valence-corrected chi connectivity index (χ3v) is 4.56. The topological polar surface area (TPSA) is 60.2 Å². The van der Waals surface area contributed by atoms with E-state index in [0.29, 0.717) is 22.5 Å². The fraction of sp³-hybridized carbons (Fsp3) is 0.312. The van der Waals surface area contributed by atoms with Gasteiger partial charge in [0.15, 0.2) is 0 Å². The Balaban J connectivity index is 1.79. The molecule has 2 aromatic rings. The molecule has 3 N–H and O–H groups in total. The molecule has 116 valence electrons. The number of ether oxygens (including phenoxy) is 1. The van der Waals surface area contributed by atoms with Gasteiger partial charge in [-0.1, -0.05) is 23.2 Å². The van der Waals surface area contributed by atoms with Crippen molar-refractivity contribution in [3.63, 3.8) is 0 Å². The molecule has 1 saturated carbocycles. The maximum absolute atomic E-state index is 6.11. The van der Waals surface area contributed by atoms with E-state index in [2.05, 4.69) is 10.4 Å². The van der Waals surface area contributed by atoms with Crippen molar-refractivity contribution in [2.75, 3.05) is 12.0 Å². The Labute approximate surface area is 139 Å². The van der Waals surface area contributed by atoms with Crippen LogP contribution in [0.25, 0.3) is 0 Å². The monoisotopic (exact) mass is 337 g/mol. The minimum absolute atomic E-state index is 0.000552. The van der Waals surface area contributed by atoms with Crippen LogP contribution in [0, 0.1) is 6.92 Å². The maximum atomic E-state index is 6.11. The van der Waals surface area contributed by atoms with Gasteiger partial charge in [0, 0.05) is 27.2 Å². The van der Waals surface area contributed by atoms with Gasteiger partial charge in [-0.25, -0.2) is 10.8 Å². The SMILES string of the molecule is Cc1c(OCC2(c3cc(Cl)cc(Cl)c3)CC2)ccnc1NN. The second-order valence-corrected chi connectivity index (χ2v) is 6.53. The average Bonchev–Trinajstić information content (AvgIpc) is 3.26. The molecular formula is C16H17Cl2N3O. The normalized spacial score (nSPS) is 15.5.